The average Bonchev–Trinajstić information content (AvgIpc) is 2.05. The molecule has 60 valence electrons. The van der Waals surface area contributed by atoms with E-state index in [9.17, 15) is 0 Å². The van der Waals surface area contributed by atoms with Gasteiger partial charge in [-0.25, -0.2) is 0 Å². The van der Waals surface area contributed by atoms with Crippen LogP contribution in [0, 0.1) is 0 Å². The summed E-state index contributed by atoms with van der Waals surface area (Å²) in [7, 11) is 0. The first-order valence-corrected chi connectivity index (χ1v) is 5.15. The second-order valence-electron chi connectivity index (χ2n) is 2.88. The Morgan fingerprint density at radius 3 is 2.09 bits per heavy atom. The predicted molar refractivity (Wildman–Crippen MR) is 58.3 cm³/mol. The number of hydrogen-bond acceptors (Lipinski definition) is 0. The Balaban J connectivity index is 2.77. The van der Waals surface area contributed by atoms with Gasteiger partial charge >= 0.3 is 0 Å². The molecule has 1 aromatic rings. The highest BCUT2D eigenvalue weighted by molar-refractivity contribution is 14.1. The smallest absolute Gasteiger partial charge is 0.0147 e. The van der Waals surface area contributed by atoms with Crippen molar-refractivity contribution in [1.29, 1.82) is 0 Å². The van der Waals surface area contributed by atoms with E-state index in [0.29, 0.717) is 9.84 Å². The standard InChI is InChI=1S/C10H13I/c1-8(9(2)11)10-6-4-3-5-7-10/h3-9H,1-2H3/t8-,9-/m0/s1. The molecule has 0 fully saturated rings. The first kappa shape index (κ1) is 9.04. The van der Waals surface area contributed by atoms with Gasteiger partial charge in [-0.2, -0.15) is 0 Å². The highest BCUT2D eigenvalue weighted by Crippen LogP contribution is 2.23. The van der Waals surface area contributed by atoms with Gasteiger partial charge in [0.15, 0.2) is 0 Å². The zero-order chi connectivity index (χ0) is 8.27. The zero-order valence-corrected chi connectivity index (χ0v) is 9.08. The van der Waals surface area contributed by atoms with Crippen LogP contribution >= 0.6 is 22.6 Å². The molecule has 0 amide bonds. The van der Waals surface area contributed by atoms with Crippen LogP contribution in [0.25, 0.3) is 0 Å². The van der Waals surface area contributed by atoms with Gasteiger partial charge < -0.3 is 0 Å². The Labute approximate surface area is 82.2 Å². The quantitative estimate of drug-likeness (QED) is 0.562. The lowest BCUT2D eigenvalue weighted by Gasteiger charge is -2.13. The molecular formula is C10H13I. The summed E-state index contributed by atoms with van der Waals surface area (Å²) in [5.41, 5.74) is 1.44. The molecule has 0 saturated carbocycles. The van der Waals surface area contributed by atoms with E-state index < -0.39 is 0 Å². The fraction of sp³-hybridized carbons (Fsp3) is 0.400. The van der Waals surface area contributed by atoms with E-state index in [-0.39, 0.29) is 0 Å². The fourth-order valence-corrected chi connectivity index (χ4v) is 1.44. The van der Waals surface area contributed by atoms with Gasteiger partial charge in [0.05, 0.1) is 0 Å². The summed E-state index contributed by atoms with van der Waals surface area (Å²) in [5, 5.41) is 0. The molecule has 1 aromatic carbocycles. The molecule has 2 atom stereocenters. The van der Waals surface area contributed by atoms with Crippen LogP contribution in [0.2, 0.25) is 0 Å². The van der Waals surface area contributed by atoms with E-state index in [1.165, 1.54) is 5.56 Å². The highest BCUT2D eigenvalue weighted by atomic mass is 127. The van der Waals surface area contributed by atoms with Gasteiger partial charge in [-0.15, -0.1) is 0 Å². The molecule has 0 spiro atoms. The lowest BCUT2D eigenvalue weighted by Crippen LogP contribution is -2.03. The van der Waals surface area contributed by atoms with Crippen LogP contribution < -0.4 is 0 Å². The maximum absolute atomic E-state index is 2.47. The van der Waals surface area contributed by atoms with Crippen molar-refractivity contribution in [2.45, 2.75) is 23.7 Å². The first-order chi connectivity index (χ1) is 5.22. The Bertz CT molecular complexity index is 203. The van der Waals surface area contributed by atoms with Gasteiger partial charge in [0.25, 0.3) is 0 Å². The first-order valence-electron chi connectivity index (χ1n) is 3.91. The summed E-state index contributed by atoms with van der Waals surface area (Å²) in [6.45, 7) is 4.52. The Hall–Kier alpha value is -0.0500. The summed E-state index contributed by atoms with van der Waals surface area (Å²) in [6, 6.07) is 10.7. The van der Waals surface area contributed by atoms with Crippen LogP contribution in [0.3, 0.4) is 0 Å². The molecule has 0 aliphatic rings. The van der Waals surface area contributed by atoms with E-state index in [1.54, 1.807) is 0 Å². The molecule has 0 heterocycles. The third-order valence-corrected chi connectivity index (χ3v) is 3.09. The normalized spacial score (nSPS) is 15.9. The molecule has 0 N–H and O–H groups in total. The monoisotopic (exact) mass is 260 g/mol. The maximum atomic E-state index is 2.47. The number of hydrogen-bond donors (Lipinski definition) is 0. The minimum atomic E-state index is 0.664. The van der Waals surface area contributed by atoms with Crippen molar-refractivity contribution in [1.82, 2.24) is 0 Å². The number of benzene rings is 1. The summed E-state index contributed by atoms with van der Waals surface area (Å²) >= 11 is 2.47. The van der Waals surface area contributed by atoms with E-state index in [0.717, 1.165) is 0 Å². The highest BCUT2D eigenvalue weighted by Gasteiger charge is 2.09. The van der Waals surface area contributed by atoms with Crippen molar-refractivity contribution < 1.29 is 0 Å². The largest absolute Gasteiger partial charge is 0.0823 e. The fourth-order valence-electron chi connectivity index (χ4n) is 1.02. The van der Waals surface area contributed by atoms with Crippen molar-refractivity contribution in [2.75, 3.05) is 0 Å². The second kappa shape index (κ2) is 4.10. The number of alkyl halides is 1. The van der Waals surface area contributed by atoms with Crippen LogP contribution in [-0.4, -0.2) is 3.92 Å². The molecular weight excluding hydrogens is 247 g/mol. The second-order valence-corrected chi connectivity index (χ2v) is 4.84. The lowest BCUT2D eigenvalue weighted by molar-refractivity contribution is 0.773. The van der Waals surface area contributed by atoms with Crippen LogP contribution in [0.1, 0.15) is 25.3 Å². The number of halogens is 1. The van der Waals surface area contributed by atoms with E-state index in [4.69, 9.17) is 0 Å². The summed E-state index contributed by atoms with van der Waals surface area (Å²) in [5.74, 6) is 0.664. The Kier molecular flexibility index (Phi) is 3.37. The third kappa shape index (κ3) is 2.47. The van der Waals surface area contributed by atoms with E-state index in [1.807, 2.05) is 0 Å². The minimum absolute atomic E-state index is 0.664. The van der Waals surface area contributed by atoms with Crippen LogP contribution in [0.5, 0.6) is 0 Å². The van der Waals surface area contributed by atoms with Crippen LogP contribution in [0.4, 0.5) is 0 Å². The van der Waals surface area contributed by atoms with Gasteiger partial charge in [-0.1, -0.05) is 66.8 Å². The van der Waals surface area contributed by atoms with E-state index >= 15 is 0 Å². The zero-order valence-electron chi connectivity index (χ0n) is 6.92. The van der Waals surface area contributed by atoms with Gasteiger partial charge in [-0.05, 0) is 11.5 Å². The molecule has 0 radical (unpaired) electrons. The van der Waals surface area contributed by atoms with Crippen LogP contribution in [0.15, 0.2) is 30.3 Å². The predicted octanol–water partition coefficient (Wildman–Crippen LogP) is 3.61. The average molecular weight is 260 g/mol. The molecule has 1 rings (SSSR count). The summed E-state index contributed by atoms with van der Waals surface area (Å²) < 4.78 is 0.704. The van der Waals surface area contributed by atoms with Crippen molar-refractivity contribution in [3.8, 4) is 0 Å². The molecule has 0 nitrogen and oxygen atoms in total. The molecule has 0 aliphatic carbocycles. The van der Waals surface area contributed by atoms with Crippen molar-refractivity contribution >= 4 is 22.6 Å². The summed E-state index contributed by atoms with van der Waals surface area (Å²) in [4.78, 5) is 0. The van der Waals surface area contributed by atoms with Crippen LogP contribution in [-0.2, 0) is 0 Å². The summed E-state index contributed by atoms with van der Waals surface area (Å²) in [6.07, 6.45) is 0. The molecule has 0 unspecified atom stereocenters. The molecule has 0 saturated heterocycles. The van der Waals surface area contributed by atoms with E-state index in [2.05, 4.69) is 66.8 Å². The molecule has 11 heavy (non-hydrogen) atoms. The maximum Gasteiger partial charge on any atom is 0.0147 e. The topological polar surface area (TPSA) is 0 Å². The third-order valence-electron chi connectivity index (χ3n) is 2.01. The molecule has 0 aromatic heterocycles. The lowest BCUT2D eigenvalue weighted by atomic mass is 9.99. The van der Waals surface area contributed by atoms with Gasteiger partial charge in [-0.3, -0.25) is 0 Å². The minimum Gasteiger partial charge on any atom is -0.0823 e. The Morgan fingerprint density at radius 1 is 1.09 bits per heavy atom. The van der Waals surface area contributed by atoms with Crippen molar-refractivity contribution in [3.63, 3.8) is 0 Å². The van der Waals surface area contributed by atoms with Gasteiger partial charge in [0.2, 0.25) is 0 Å². The number of rotatable bonds is 2. The molecule has 0 bridgehead atoms. The molecule has 1 heteroatoms. The van der Waals surface area contributed by atoms with Crippen molar-refractivity contribution in [3.05, 3.63) is 35.9 Å². The molecule has 0 aliphatic heterocycles. The van der Waals surface area contributed by atoms with Gasteiger partial charge in [0, 0.05) is 3.92 Å². The van der Waals surface area contributed by atoms with Gasteiger partial charge in [0.1, 0.15) is 0 Å². The SMILES string of the molecule is C[C@H](I)[C@H](C)c1ccccc1. The Morgan fingerprint density at radius 2 is 1.64 bits per heavy atom. The van der Waals surface area contributed by atoms with Crippen molar-refractivity contribution in [2.24, 2.45) is 0 Å².